The van der Waals surface area contributed by atoms with E-state index in [1.54, 1.807) is 0 Å². The van der Waals surface area contributed by atoms with E-state index in [9.17, 15) is 0 Å². The second-order valence-electron chi connectivity index (χ2n) is 6.57. The predicted octanol–water partition coefficient (Wildman–Crippen LogP) is 2.72. The molecule has 108 valence electrons. The molecular formula is C17H23NO2. The molecule has 1 aliphatic carbocycles. The van der Waals surface area contributed by atoms with Crippen LogP contribution in [0.2, 0.25) is 0 Å². The smallest absolute Gasteiger partial charge is 0.126 e. The van der Waals surface area contributed by atoms with E-state index in [-0.39, 0.29) is 11.5 Å². The monoisotopic (exact) mass is 273 g/mol. The molecule has 4 rings (SSSR count). The van der Waals surface area contributed by atoms with E-state index in [1.807, 2.05) is 0 Å². The first-order valence-corrected chi connectivity index (χ1v) is 7.93. The molecular weight excluding hydrogens is 250 g/mol. The zero-order valence-electron chi connectivity index (χ0n) is 12.2. The maximum absolute atomic E-state index is 6.33. The maximum atomic E-state index is 6.33. The Balaban J connectivity index is 1.94. The Morgan fingerprint density at radius 2 is 1.90 bits per heavy atom. The van der Waals surface area contributed by atoms with Crippen molar-refractivity contribution < 1.29 is 9.47 Å². The fourth-order valence-electron chi connectivity index (χ4n) is 3.92. The number of nitrogens with two attached hydrogens (primary N) is 1. The van der Waals surface area contributed by atoms with Gasteiger partial charge in [-0.2, -0.15) is 0 Å². The zero-order chi connectivity index (χ0) is 13.7. The van der Waals surface area contributed by atoms with Crippen molar-refractivity contribution in [3.63, 3.8) is 0 Å². The summed E-state index contributed by atoms with van der Waals surface area (Å²) < 4.78 is 12.0. The molecule has 1 fully saturated rings. The molecule has 3 aliphatic rings. The summed E-state index contributed by atoms with van der Waals surface area (Å²) in [5.41, 5.74) is 10.6. The Kier molecular flexibility index (Phi) is 2.75. The largest absolute Gasteiger partial charge is 0.493 e. The van der Waals surface area contributed by atoms with Crippen molar-refractivity contribution in [3.8, 4) is 11.5 Å². The van der Waals surface area contributed by atoms with E-state index in [0.29, 0.717) is 0 Å². The number of hydrogen-bond acceptors (Lipinski definition) is 3. The fraction of sp³-hybridized carbons (Fsp3) is 0.647. The van der Waals surface area contributed by atoms with Crippen LogP contribution in [0.5, 0.6) is 11.5 Å². The van der Waals surface area contributed by atoms with Gasteiger partial charge in [-0.15, -0.1) is 0 Å². The highest BCUT2D eigenvalue weighted by molar-refractivity contribution is 5.60. The van der Waals surface area contributed by atoms with Gasteiger partial charge in [-0.05, 0) is 57.1 Å². The van der Waals surface area contributed by atoms with Crippen LogP contribution in [0.3, 0.4) is 0 Å². The lowest BCUT2D eigenvalue weighted by Crippen LogP contribution is -2.34. The predicted molar refractivity (Wildman–Crippen MR) is 78.6 cm³/mol. The average Bonchev–Trinajstić information content (AvgIpc) is 3.26. The van der Waals surface area contributed by atoms with Gasteiger partial charge in [-0.3, -0.25) is 0 Å². The number of ether oxygens (including phenoxy) is 2. The maximum Gasteiger partial charge on any atom is 0.126 e. The summed E-state index contributed by atoms with van der Waals surface area (Å²) in [6, 6.07) is 2.41. The molecule has 3 nitrogen and oxygen atoms in total. The quantitative estimate of drug-likeness (QED) is 0.901. The molecule has 1 atom stereocenters. The molecule has 2 heterocycles. The summed E-state index contributed by atoms with van der Waals surface area (Å²) in [6.45, 7) is 3.83. The number of hydrogen-bond donors (Lipinski definition) is 1. The normalized spacial score (nSPS) is 23.9. The van der Waals surface area contributed by atoms with E-state index in [2.05, 4.69) is 13.0 Å². The molecule has 0 amide bonds. The minimum atomic E-state index is 0.146. The Hall–Kier alpha value is -1.22. The van der Waals surface area contributed by atoms with Gasteiger partial charge in [0.25, 0.3) is 0 Å². The van der Waals surface area contributed by atoms with Gasteiger partial charge in [-0.1, -0.05) is 0 Å². The molecule has 0 spiro atoms. The van der Waals surface area contributed by atoms with Gasteiger partial charge in [-0.25, -0.2) is 0 Å². The SMILES string of the molecule is CC(N)C1(c2c3c(cc4c2OCCC4)OCCC3)CC1. The summed E-state index contributed by atoms with van der Waals surface area (Å²) in [4.78, 5) is 0. The van der Waals surface area contributed by atoms with E-state index in [0.717, 1.165) is 50.4 Å². The number of fused-ring (bicyclic) bond motifs is 2. The van der Waals surface area contributed by atoms with Gasteiger partial charge in [0.1, 0.15) is 11.5 Å². The van der Waals surface area contributed by atoms with Gasteiger partial charge in [0.15, 0.2) is 0 Å². The number of benzene rings is 1. The van der Waals surface area contributed by atoms with Crippen molar-refractivity contribution in [1.82, 2.24) is 0 Å². The van der Waals surface area contributed by atoms with Crippen LogP contribution in [0.1, 0.15) is 49.3 Å². The molecule has 0 radical (unpaired) electrons. The number of rotatable bonds is 2. The Bertz CT molecular complexity index is 512. The highest BCUT2D eigenvalue weighted by Gasteiger charge is 2.51. The van der Waals surface area contributed by atoms with Crippen LogP contribution in [0, 0.1) is 0 Å². The molecule has 0 aromatic heterocycles. The standard InChI is InChI=1S/C17H23NO2/c1-11(18)17(6-7-17)15-13-5-3-8-19-14(13)10-12-4-2-9-20-16(12)15/h10-11H,2-9,18H2,1H3. The minimum Gasteiger partial charge on any atom is -0.493 e. The van der Waals surface area contributed by atoms with Gasteiger partial charge in [0, 0.05) is 22.6 Å². The van der Waals surface area contributed by atoms with Crippen LogP contribution >= 0.6 is 0 Å². The first-order valence-electron chi connectivity index (χ1n) is 7.93. The van der Waals surface area contributed by atoms with Crippen molar-refractivity contribution in [3.05, 3.63) is 22.8 Å². The second-order valence-corrected chi connectivity index (χ2v) is 6.57. The molecule has 0 bridgehead atoms. The summed E-state index contributed by atoms with van der Waals surface area (Å²) in [5.74, 6) is 2.25. The topological polar surface area (TPSA) is 44.5 Å². The lowest BCUT2D eigenvalue weighted by Gasteiger charge is -2.32. The van der Waals surface area contributed by atoms with E-state index < -0.39 is 0 Å². The molecule has 2 aliphatic heterocycles. The van der Waals surface area contributed by atoms with Gasteiger partial charge < -0.3 is 15.2 Å². The lowest BCUT2D eigenvalue weighted by atomic mass is 9.81. The molecule has 3 heteroatoms. The van der Waals surface area contributed by atoms with E-state index in [1.165, 1.54) is 29.5 Å². The van der Waals surface area contributed by atoms with Crippen molar-refractivity contribution >= 4 is 0 Å². The van der Waals surface area contributed by atoms with Crippen LogP contribution in [0.4, 0.5) is 0 Å². The Labute approximate surface area is 120 Å². The van der Waals surface area contributed by atoms with Crippen LogP contribution < -0.4 is 15.2 Å². The van der Waals surface area contributed by atoms with Crippen LogP contribution in [-0.2, 0) is 18.3 Å². The molecule has 1 aromatic rings. The third-order valence-corrected chi connectivity index (χ3v) is 5.25. The highest BCUT2D eigenvalue weighted by Crippen LogP contribution is 2.57. The number of aryl methyl sites for hydroxylation is 1. The fourth-order valence-corrected chi connectivity index (χ4v) is 3.92. The molecule has 1 saturated carbocycles. The lowest BCUT2D eigenvalue weighted by molar-refractivity contribution is 0.265. The first-order chi connectivity index (χ1) is 9.72. The van der Waals surface area contributed by atoms with Crippen LogP contribution in [0.25, 0.3) is 0 Å². The van der Waals surface area contributed by atoms with Gasteiger partial charge in [0.2, 0.25) is 0 Å². The van der Waals surface area contributed by atoms with Crippen LogP contribution in [0.15, 0.2) is 6.07 Å². The van der Waals surface area contributed by atoms with Crippen molar-refractivity contribution in [1.29, 1.82) is 0 Å². The van der Waals surface area contributed by atoms with Gasteiger partial charge >= 0.3 is 0 Å². The Morgan fingerprint density at radius 1 is 1.15 bits per heavy atom. The third-order valence-electron chi connectivity index (χ3n) is 5.25. The molecule has 2 N–H and O–H groups in total. The summed E-state index contributed by atoms with van der Waals surface area (Å²) in [5, 5.41) is 0. The van der Waals surface area contributed by atoms with Crippen LogP contribution in [-0.4, -0.2) is 19.3 Å². The summed E-state index contributed by atoms with van der Waals surface area (Å²) in [6.07, 6.45) is 6.81. The minimum absolute atomic E-state index is 0.146. The van der Waals surface area contributed by atoms with Crippen molar-refractivity contribution in [2.24, 2.45) is 5.73 Å². The van der Waals surface area contributed by atoms with E-state index in [4.69, 9.17) is 15.2 Å². The molecule has 1 aromatic carbocycles. The van der Waals surface area contributed by atoms with Crippen molar-refractivity contribution in [2.75, 3.05) is 13.2 Å². The van der Waals surface area contributed by atoms with Gasteiger partial charge in [0.05, 0.1) is 13.2 Å². The van der Waals surface area contributed by atoms with E-state index >= 15 is 0 Å². The molecule has 20 heavy (non-hydrogen) atoms. The summed E-state index contributed by atoms with van der Waals surface area (Å²) >= 11 is 0. The molecule has 0 saturated heterocycles. The zero-order valence-corrected chi connectivity index (χ0v) is 12.2. The second kappa shape index (κ2) is 4.39. The Morgan fingerprint density at radius 3 is 2.65 bits per heavy atom. The highest BCUT2D eigenvalue weighted by atomic mass is 16.5. The first kappa shape index (κ1) is 12.5. The third kappa shape index (κ3) is 1.69. The average molecular weight is 273 g/mol. The molecule has 1 unspecified atom stereocenters. The summed E-state index contributed by atoms with van der Waals surface area (Å²) in [7, 11) is 0. The van der Waals surface area contributed by atoms with Crippen molar-refractivity contribution in [2.45, 2.75) is 56.9 Å².